The van der Waals surface area contributed by atoms with Gasteiger partial charge in [0.05, 0.1) is 18.1 Å². The van der Waals surface area contributed by atoms with Gasteiger partial charge in [0, 0.05) is 19.3 Å². The average Bonchev–Trinajstić information content (AvgIpc) is 2.52. The third kappa shape index (κ3) is 1.84. The number of nitrogens with two attached hydrogens (primary N) is 2. The number of aryl methyl sites for hydroxylation is 1. The van der Waals surface area contributed by atoms with Gasteiger partial charge in [-0.05, 0) is 6.42 Å². The Morgan fingerprint density at radius 3 is 3.00 bits per heavy atom. The number of hydrogen-bond donors (Lipinski definition) is 2. The first-order valence-corrected chi connectivity index (χ1v) is 4.25. The molecule has 1 atom stereocenters. The van der Waals surface area contributed by atoms with E-state index in [0.717, 1.165) is 18.7 Å². The average molecular weight is 168 g/mol. The number of rotatable bonds is 4. The molecule has 1 aromatic rings. The lowest BCUT2D eigenvalue weighted by Crippen LogP contribution is -2.23. The standard InChI is InChI=1S/C8H16N4/c1-2-3-12-6-11-5-8(12)7(10)4-9/h5-7H,2-4,9-10H2,1H3. The molecule has 0 saturated heterocycles. The second-order valence-electron chi connectivity index (χ2n) is 2.85. The molecule has 0 aliphatic heterocycles. The first kappa shape index (κ1) is 9.22. The highest BCUT2D eigenvalue weighted by atomic mass is 15.1. The molecule has 0 fully saturated rings. The van der Waals surface area contributed by atoms with Crippen LogP contribution in [0, 0.1) is 0 Å². The van der Waals surface area contributed by atoms with E-state index in [0.29, 0.717) is 6.54 Å². The van der Waals surface area contributed by atoms with E-state index >= 15 is 0 Å². The predicted octanol–water partition coefficient (Wildman–Crippen LogP) is 0.252. The topological polar surface area (TPSA) is 69.9 Å². The summed E-state index contributed by atoms with van der Waals surface area (Å²) in [5.41, 5.74) is 12.3. The molecule has 0 bridgehead atoms. The van der Waals surface area contributed by atoms with Gasteiger partial charge in [-0.25, -0.2) is 4.98 Å². The summed E-state index contributed by atoms with van der Waals surface area (Å²) in [7, 11) is 0. The molecule has 1 aromatic heterocycles. The molecule has 1 rings (SSSR count). The summed E-state index contributed by atoms with van der Waals surface area (Å²) in [6, 6.07) is -0.0842. The highest BCUT2D eigenvalue weighted by Crippen LogP contribution is 2.08. The van der Waals surface area contributed by atoms with Gasteiger partial charge in [0.15, 0.2) is 0 Å². The summed E-state index contributed by atoms with van der Waals surface area (Å²) in [5.74, 6) is 0. The van der Waals surface area contributed by atoms with Crippen molar-refractivity contribution in [1.29, 1.82) is 0 Å². The molecule has 0 aliphatic carbocycles. The second kappa shape index (κ2) is 4.23. The fourth-order valence-electron chi connectivity index (χ4n) is 1.19. The summed E-state index contributed by atoms with van der Waals surface area (Å²) in [6.45, 7) is 3.55. The minimum absolute atomic E-state index is 0.0842. The van der Waals surface area contributed by atoms with E-state index in [2.05, 4.69) is 16.5 Å². The fourth-order valence-corrected chi connectivity index (χ4v) is 1.19. The van der Waals surface area contributed by atoms with Crippen LogP contribution in [-0.2, 0) is 6.54 Å². The second-order valence-corrected chi connectivity index (χ2v) is 2.85. The maximum atomic E-state index is 5.78. The lowest BCUT2D eigenvalue weighted by Gasteiger charge is -2.11. The van der Waals surface area contributed by atoms with Crippen LogP contribution in [0.3, 0.4) is 0 Å². The van der Waals surface area contributed by atoms with Gasteiger partial charge < -0.3 is 16.0 Å². The Morgan fingerprint density at radius 1 is 1.67 bits per heavy atom. The molecule has 0 spiro atoms. The first-order valence-electron chi connectivity index (χ1n) is 4.25. The predicted molar refractivity (Wildman–Crippen MR) is 48.5 cm³/mol. The van der Waals surface area contributed by atoms with Gasteiger partial charge in [-0.1, -0.05) is 6.92 Å². The van der Waals surface area contributed by atoms with E-state index in [1.54, 1.807) is 12.5 Å². The van der Waals surface area contributed by atoms with Crippen LogP contribution in [0.4, 0.5) is 0 Å². The van der Waals surface area contributed by atoms with E-state index in [-0.39, 0.29) is 6.04 Å². The van der Waals surface area contributed by atoms with E-state index in [4.69, 9.17) is 11.5 Å². The number of hydrogen-bond acceptors (Lipinski definition) is 3. The molecule has 0 saturated carbocycles. The molecular formula is C8H16N4. The number of imidazole rings is 1. The van der Waals surface area contributed by atoms with Crippen molar-refractivity contribution in [3.05, 3.63) is 18.2 Å². The molecule has 0 radical (unpaired) electrons. The summed E-state index contributed by atoms with van der Waals surface area (Å²) in [6.07, 6.45) is 4.67. The zero-order chi connectivity index (χ0) is 8.97. The molecule has 4 nitrogen and oxygen atoms in total. The lowest BCUT2D eigenvalue weighted by atomic mass is 10.2. The van der Waals surface area contributed by atoms with Crippen molar-refractivity contribution in [3.63, 3.8) is 0 Å². The summed E-state index contributed by atoms with van der Waals surface area (Å²) >= 11 is 0. The van der Waals surface area contributed by atoms with Crippen LogP contribution in [-0.4, -0.2) is 16.1 Å². The fraction of sp³-hybridized carbons (Fsp3) is 0.625. The zero-order valence-electron chi connectivity index (χ0n) is 7.40. The summed E-state index contributed by atoms with van der Waals surface area (Å²) < 4.78 is 2.05. The largest absolute Gasteiger partial charge is 0.333 e. The van der Waals surface area contributed by atoms with Gasteiger partial charge in [-0.15, -0.1) is 0 Å². The van der Waals surface area contributed by atoms with Crippen molar-refractivity contribution in [2.24, 2.45) is 11.5 Å². The molecule has 0 aromatic carbocycles. The van der Waals surface area contributed by atoms with E-state index in [1.807, 2.05) is 0 Å². The van der Waals surface area contributed by atoms with E-state index in [1.165, 1.54) is 0 Å². The van der Waals surface area contributed by atoms with Gasteiger partial charge in [-0.2, -0.15) is 0 Å². The van der Waals surface area contributed by atoms with Crippen LogP contribution in [0.1, 0.15) is 25.1 Å². The van der Waals surface area contributed by atoms with Gasteiger partial charge in [0.1, 0.15) is 0 Å². The quantitative estimate of drug-likeness (QED) is 0.677. The van der Waals surface area contributed by atoms with Crippen molar-refractivity contribution >= 4 is 0 Å². The Morgan fingerprint density at radius 2 is 2.42 bits per heavy atom. The molecular weight excluding hydrogens is 152 g/mol. The van der Waals surface area contributed by atoms with Gasteiger partial charge in [0.2, 0.25) is 0 Å². The van der Waals surface area contributed by atoms with Crippen molar-refractivity contribution in [2.75, 3.05) is 6.54 Å². The van der Waals surface area contributed by atoms with Gasteiger partial charge in [-0.3, -0.25) is 0 Å². The van der Waals surface area contributed by atoms with Gasteiger partial charge >= 0.3 is 0 Å². The Bertz CT molecular complexity index is 231. The summed E-state index contributed by atoms with van der Waals surface area (Å²) in [5, 5.41) is 0. The Hall–Kier alpha value is -0.870. The van der Waals surface area contributed by atoms with E-state index in [9.17, 15) is 0 Å². The molecule has 0 amide bonds. The number of nitrogens with zero attached hydrogens (tertiary/aromatic N) is 2. The summed E-state index contributed by atoms with van der Waals surface area (Å²) in [4.78, 5) is 4.04. The smallest absolute Gasteiger partial charge is 0.0948 e. The molecule has 0 aliphatic rings. The minimum atomic E-state index is -0.0842. The van der Waals surface area contributed by atoms with Crippen molar-refractivity contribution in [1.82, 2.24) is 9.55 Å². The lowest BCUT2D eigenvalue weighted by molar-refractivity contribution is 0.596. The van der Waals surface area contributed by atoms with Crippen molar-refractivity contribution in [2.45, 2.75) is 25.9 Å². The van der Waals surface area contributed by atoms with Crippen LogP contribution in [0.25, 0.3) is 0 Å². The minimum Gasteiger partial charge on any atom is -0.333 e. The molecule has 12 heavy (non-hydrogen) atoms. The van der Waals surface area contributed by atoms with Crippen LogP contribution >= 0.6 is 0 Å². The van der Waals surface area contributed by atoms with Crippen LogP contribution in [0.2, 0.25) is 0 Å². The highest BCUT2D eigenvalue weighted by molar-refractivity contribution is 5.04. The van der Waals surface area contributed by atoms with Crippen LogP contribution < -0.4 is 11.5 Å². The monoisotopic (exact) mass is 168 g/mol. The SMILES string of the molecule is CCCn1cncc1C(N)CN. The third-order valence-electron chi connectivity index (χ3n) is 1.84. The Balaban J connectivity index is 2.76. The van der Waals surface area contributed by atoms with Gasteiger partial charge in [0.25, 0.3) is 0 Å². The van der Waals surface area contributed by atoms with Crippen molar-refractivity contribution in [3.8, 4) is 0 Å². The number of aromatic nitrogens is 2. The van der Waals surface area contributed by atoms with Crippen LogP contribution in [0.15, 0.2) is 12.5 Å². The molecule has 68 valence electrons. The molecule has 1 unspecified atom stereocenters. The Labute approximate surface area is 72.6 Å². The maximum Gasteiger partial charge on any atom is 0.0948 e. The molecule has 4 N–H and O–H groups in total. The first-order chi connectivity index (χ1) is 5.79. The third-order valence-corrected chi connectivity index (χ3v) is 1.84. The highest BCUT2D eigenvalue weighted by Gasteiger charge is 2.08. The Kier molecular flexibility index (Phi) is 3.25. The zero-order valence-corrected chi connectivity index (χ0v) is 7.40. The molecule has 1 heterocycles. The maximum absolute atomic E-state index is 5.78. The van der Waals surface area contributed by atoms with Crippen LogP contribution in [0.5, 0.6) is 0 Å². The van der Waals surface area contributed by atoms with E-state index < -0.39 is 0 Å². The van der Waals surface area contributed by atoms with Crippen molar-refractivity contribution < 1.29 is 0 Å². The molecule has 4 heteroatoms. The normalized spacial score (nSPS) is 13.2.